The number of hydrogen-bond acceptors (Lipinski definition) is 4. The first-order valence-electron chi connectivity index (χ1n) is 10.5. The highest BCUT2D eigenvalue weighted by molar-refractivity contribution is 5.89. The van der Waals surface area contributed by atoms with Gasteiger partial charge in [0.1, 0.15) is 11.5 Å². The Bertz CT molecular complexity index is 991. The van der Waals surface area contributed by atoms with Crippen molar-refractivity contribution in [2.45, 2.75) is 12.8 Å². The van der Waals surface area contributed by atoms with Crippen molar-refractivity contribution in [3.63, 3.8) is 0 Å². The highest BCUT2D eigenvalue weighted by Gasteiger charge is 2.06. The number of aryl methyl sites for hydroxylation is 1. The number of nitrogens with one attached hydrogen (secondary N) is 1. The smallest absolute Gasteiger partial charge is 0.243 e. The van der Waals surface area contributed by atoms with Crippen molar-refractivity contribution >= 4 is 11.5 Å². The van der Waals surface area contributed by atoms with Crippen LogP contribution in [0.1, 0.15) is 23.1 Å². The maximum absolute atomic E-state index is 12.2. The van der Waals surface area contributed by atoms with Gasteiger partial charge in [0.25, 0.3) is 0 Å². The zero-order valence-electron chi connectivity index (χ0n) is 18.5. The van der Waals surface area contributed by atoms with Crippen LogP contribution in [0.4, 0.5) is 0 Å². The van der Waals surface area contributed by atoms with Crippen LogP contribution in [0.25, 0.3) is 5.57 Å². The number of rotatable bonds is 10. The Morgan fingerprint density at radius 3 is 1.97 bits per heavy atom. The molecule has 5 nitrogen and oxygen atoms in total. The van der Waals surface area contributed by atoms with Crippen LogP contribution in [0.3, 0.4) is 0 Å². The van der Waals surface area contributed by atoms with Gasteiger partial charge in [-0.25, -0.2) is 0 Å². The summed E-state index contributed by atoms with van der Waals surface area (Å²) >= 11 is 0. The molecule has 0 spiro atoms. The van der Waals surface area contributed by atoms with Gasteiger partial charge in [0.2, 0.25) is 5.91 Å². The number of methoxy groups -OCH3 is 2. The predicted octanol–water partition coefficient (Wildman–Crippen LogP) is 4.84. The Labute approximate surface area is 189 Å². The largest absolute Gasteiger partial charge is 0.497 e. The maximum atomic E-state index is 12.2. The second-order valence-electron chi connectivity index (χ2n) is 7.15. The van der Waals surface area contributed by atoms with Crippen molar-refractivity contribution in [2.24, 2.45) is 0 Å². The number of nitrogens with zero attached hydrogens (tertiary/aromatic N) is 1. The maximum Gasteiger partial charge on any atom is 0.243 e. The molecule has 1 amide bonds. The minimum atomic E-state index is -0.111. The van der Waals surface area contributed by atoms with Crippen LogP contribution in [-0.2, 0) is 11.2 Å². The lowest BCUT2D eigenvalue weighted by Crippen LogP contribution is -2.22. The minimum Gasteiger partial charge on any atom is -0.497 e. The van der Waals surface area contributed by atoms with Gasteiger partial charge in [-0.3, -0.25) is 9.78 Å². The minimum absolute atomic E-state index is 0.111. The Morgan fingerprint density at radius 1 is 0.875 bits per heavy atom. The first kappa shape index (κ1) is 22.8. The number of hydrogen-bond donors (Lipinski definition) is 1. The van der Waals surface area contributed by atoms with E-state index in [-0.39, 0.29) is 5.91 Å². The lowest BCUT2D eigenvalue weighted by atomic mass is 9.97. The second-order valence-corrected chi connectivity index (χ2v) is 7.15. The highest BCUT2D eigenvalue weighted by atomic mass is 16.5. The molecule has 0 atom stereocenters. The average Bonchev–Trinajstić information content (AvgIpc) is 2.85. The summed E-state index contributed by atoms with van der Waals surface area (Å²) in [5.74, 6) is 1.48. The molecule has 0 aliphatic carbocycles. The summed E-state index contributed by atoms with van der Waals surface area (Å²) in [5, 5.41) is 2.93. The fraction of sp³-hybridized carbons (Fsp3) is 0.185. The molecule has 0 fully saturated rings. The van der Waals surface area contributed by atoms with Crippen molar-refractivity contribution in [3.05, 3.63) is 108 Å². The number of carbonyl (C=O) groups excluding carboxylic acids is 1. The van der Waals surface area contributed by atoms with E-state index in [1.165, 1.54) is 5.56 Å². The number of amides is 1. The van der Waals surface area contributed by atoms with Crippen LogP contribution < -0.4 is 14.8 Å². The molecule has 5 heteroatoms. The topological polar surface area (TPSA) is 60.5 Å². The van der Waals surface area contributed by atoms with Gasteiger partial charge in [0.15, 0.2) is 0 Å². The number of pyridine rings is 1. The van der Waals surface area contributed by atoms with Gasteiger partial charge >= 0.3 is 0 Å². The van der Waals surface area contributed by atoms with Crippen LogP contribution in [0.2, 0.25) is 0 Å². The lowest BCUT2D eigenvalue weighted by molar-refractivity contribution is -0.116. The highest BCUT2D eigenvalue weighted by Crippen LogP contribution is 2.27. The van der Waals surface area contributed by atoms with Gasteiger partial charge in [-0.1, -0.05) is 36.4 Å². The molecule has 0 saturated heterocycles. The molecule has 0 bridgehead atoms. The van der Waals surface area contributed by atoms with Crippen molar-refractivity contribution in [3.8, 4) is 11.5 Å². The second kappa shape index (κ2) is 12.1. The van der Waals surface area contributed by atoms with Crippen LogP contribution >= 0.6 is 0 Å². The van der Waals surface area contributed by atoms with Gasteiger partial charge in [0.05, 0.1) is 14.2 Å². The van der Waals surface area contributed by atoms with Crippen LogP contribution in [0.5, 0.6) is 11.5 Å². The molecule has 0 aliphatic rings. The SMILES string of the molecule is COc1ccc(C(=C/C=C/C(=O)NCCCc2ccncc2)c2ccc(OC)cc2)cc1. The zero-order chi connectivity index (χ0) is 22.6. The molecule has 164 valence electrons. The van der Waals surface area contributed by atoms with Crippen molar-refractivity contribution < 1.29 is 14.3 Å². The molecule has 0 saturated carbocycles. The molecule has 1 aromatic heterocycles. The molecule has 0 radical (unpaired) electrons. The van der Waals surface area contributed by atoms with Gasteiger partial charge in [-0.05, 0) is 71.5 Å². The number of carbonyl (C=O) groups is 1. The number of benzene rings is 2. The lowest BCUT2D eigenvalue weighted by Gasteiger charge is -2.10. The monoisotopic (exact) mass is 428 g/mol. The van der Waals surface area contributed by atoms with E-state index >= 15 is 0 Å². The van der Waals surface area contributed by atoms with E-state index in [1.54, 1.807) is 38.8 Å². The molecule has 1 N–H and O–H groups in total. The van der Waals surface area contributed by atoms with Crippen molar-refractivity contribution in [2.75, 3.05) is 20.8 Å². The van der Waals surface area contributed by atoms with Crippen LogP contribution in [0.15, 0.2) is 91.3 Å². The predicted molar refractivity (Wildman–Crippen MR) is 128 cm³/mol. The van der Waals surface area contributed by atoms with Gasteiger partial charge < -0.3 is 14.8 Å². The fourth-order valence-electron chi connectivity index (χ4n) is 3.24. The number of ether oxygens (including phenoxy) is 2. The van der Waals surface area contributed by atoms with Gasteiger partial charge in [-0.15, -0.1) is 0 Å². The summed E-state index contributed by atoms with van der Waals surface area (Å²) in [6.45, 7) is 0.624. The van der Waals surface area contributed by atoms with Crippen LogP contribution in [-0.4, -0.2) is 31.7 Å². The van der Waals surface area contributed by atoms with E-state index in [2.05, 4.69) is 10.3 Å². The van der Waals surface area contributed by atoms with E-state index in [0.717, 1.165) is 41.0 Å². The molecule has 3 aromatic rings. The first-order valence-corrected chi connectivity index (χ1v) is 10.5. The first-order chi connectivity index (χ1) is 15.7. The van der Waals surface area contributed by atoms with Crippen molar-refractivity contribution in [1.82, 2.24) is 10.3 Å². The summed E-state index contributed by atoms with van der Waals surface area (Å²) in [6.07, 6.45) is 10.6. The number of aromatic nitrogens is 1. The molecule has 0 unspecified atom stereocenters. The molecule has 32 heavy (non-hydrogen) atoms. The Balaban J connectivity index is 1.65. The third-order valence-corrected chi connectivity index (χ3v) is 5.00. The van der Waals surface area contributed by atoms with Crippen LogP contribution in [0, 0.1) is 0 Å². The third kappa shape index (κ3) is 6.84. The summed E-state index contributed by atoms with van der Waals surface area (Å²) in [4.78, 5) is 16.2. The number of allylic oxidation sites excluding steroid dienone is 2. The van der Waals surface area contributed by atoms with E-state index in [1.807, 2.05) is 66.7 Å². The zero-order valence-corrected chi connectivity index (χ0v) is 18.5. The van der Waals surface area contributed by atoms with Crippen molar-refractivity contribution in [1.29, 1.82) is 0 Å². The van der Waals surface area contributed by atoms with Gasteiger partial charge in [-0.2, -0.15) is 0 Å². The summed E-state index contributed by atoms with van der Waals surface area (Å²) in [5.41, 5.74) is 4.27. The molecule has 0 aliphatic heterocycles. The summed E-state index contributed by atoms with van der Waals surface area (Å²) in [7, 11) is 3.29. The van der Waals surface area contributed by atoms with E-state index in [9.17, 15) is 4.79 Å². The van der Waals surface area contributed by atoms with Gasteiger partial charge in [0, 0.05) is 25.0 Å². The van der Waals surface area contributed by atoms with E-state index in [4.69, 9.17) is 9.47 Å². The Hall–Kier alpha value is -3.86. The molecule has 2 aromatic carbocycles. The van der Waals surface area contributed by atoms with E-state index in [0.29, 0.717) is 6.54 Å². The standard InChI is InChI=1S/C27H28N2O3/c1-31-24-12-8-22(9-13-24)26(23-10-14-25(32-2)15-11-23)6-3-7-27(30)29-18-4-5-21-16-19-28-20-17-21/h3,6-17,19-20H,4-5,18H2,1-2H3,(H,29,30)/b7-3+. The molecule has 1 heterocycles. The summed E-state index contributed by atoms with van der Waals surface area (Å²) < 4.78 is 10.5. The Morgan fingerprint density at radius 2 is 1.44 bits per heavy atom. The molecular weight excluding hydrogens is 400 g/mol. The normalized spacial score (nSPS) is 10.6. The average molecular weight is 429 g/mol. The third-order valence-electron chi connectivity index (χ3n) is 5.00. The quantitative estimate of drug-likeness (QED) is 0.285. The summed E-state index contributed by atoms with van der Waals surface area (Å²) in [6, 6.07) is 19.7. The molecular formula is C27H28N2O3. The molecule has 3 rings (SSSR count). The fourth-order valence-corrected chi connectivity index (χ4v) is 3.24. The Kier molecular flexibility index (Phi) is 8.63. The van der Waals surface area contributed by atoms with E-state index < -0.39 is 0 Å².